The molecule has 0 aliphatic carbocycles. The molecular formula is C12H13ClN4. The Morgan fingerprint density at radius 2 is 2.00 bits per heavy atom. The SMILES string of the molecule is Cc1ccc(C(NN)c2ccc(Cl)cn2)cn1. The van der Waals surface area contributed by atoms with Gasteiger partial charge >= 0.3 is 0 Å². The average Bonchev–Trinajstić information content (AvgIpc) is 2.35. The van der Waals surface area contributed by atoms with Crippen molar-refractivity contribution in [3.63, 3.8) is 0 Å². The van der Waals surface area contributed by atoms with Crippen LogP contribution in [0.1, 0.15) is 23.0 Å². The van der Waals surface area contributed by atoms with Crippen LogP contribution < -0.4 is 11.3 Å². The summed E-state index contributed by atoms with van der Waals surface area (Å²) in [5.74, 6) is 5.56. The van der Waals surface area contributed by atoms with Gasteiger partial charge in [-0.3, -0.25) is 15.8 Å². The zero-order valence-electron chi connectivity index (χ0n) is 9.39. The molecule has 2 rings (SSSR count). The van der Waals surface area contributed by atoms with E-state index in [2.05, 4.69) is 15.4 Å². The van der Waals surface area contributed by atoms with Crippen LogP contribution in [0.25, 0.3) is 0 Å². The van der Waals surface area contributed by atoms with Gasteiger partial charge in [-0.05, 0) is 30.7 Å². The van der Waals surface area contributed by atoms with Gasteiger partial charge in [0.05, 0.1) is 16.8 Å². The Morgan fingerprint density at radius 3 is 2.53 bits per heavy atom. The lowest BCUT2D eigenvalue weighted by Gasteiger charge is -2.15. The van der Waals surface area contributed by atoms with Crippen molar-refractivity contribution < 1.29 is 0 Å². The number of nitrogens with two attached hydrogens (primary N) is 1. The molecule has 17 heavy (non-hydrogen) atoms. The number of aryl methyl sites for hydroxylation is 1. The summed E-state index contributed by atoms with van der Waals surface area (Å²) < 4.78 is 0. The molecule has 3 N–H and O–H groups in total. The summed E-state index contributed by atoms with van der Waals surface area (Å²) in [7, 11) is 0. The molecule has 0 spiro atoms. The molecule has 2 heterocycles. The molecular weight excluding hydrogens is 236 g/mol. The highest BCUT2D eigenvalue weighted by molar-refractivity contribution is 6.30. The summed E-state index contributed by atoms with van der Waals surface area (Å²) in [5.41, 5.74) is 5.47. The molecule has 0 amide bonds. The van der Waals surface area contributed by atoms with Gasteiger partial charge in [-0.25, -0.2) is 5.43 Å². The van der Waals surface area contributed by atoms with E-state index in [4.69, 9.17) is 17.4 Å². The first kappa shape index (κ1) is 12.0. The molecule has 2 aromatic rings. The zero-order chi connectivity index (χ0) is 12.3. The highest BCUT2D eigenvalue weighted by atomic mass is 35.5. The van der Waals surface area contributed by atoms with Crippen molar-refractivity contribution in [2.45, 2.75) is 13.0 Å². The minimum Gasteiger partial charge on any atom is -0.271 e. The summed E-state index contributed by atoms with van der Waals surface area (Å²) in [5, 5.41) is 0.603. The Kier molecular flexibility index (Phi) is 3.68. The van der Waals surface area contributed by atoms with Gasteiger partial charge < -0.3 is 0 Å². The molecule has 0 saturated carbocycles. The van der Waals surface area contributed by atoms with E-state index in [1.54, 1.807) is 18.5 Å². The number of rotatable bonds is 3. The van der Waals surface area contributed by atoms with E-state index in [0.717, 1.165) is 17.0 Å². The summed E-state index contributed by atoms with van der Waals surface area (Å²) in [6.45, 7) is 1.94. The Balaban J connectivity index is 2.33. The second-order valence-electron chi connectivity index (χ2n) is 3.73. The first-order chi connectivity index (χ1) is 8.20. The van der Waals surface area contributed by atoms with Crippen LogP contribution in [0.4, 0.5) is 0 Å². The lowest BCUT2D eigenvalue weighted by Crippen LogP contribution is -2.29. The lowest BCUT2D eigenvalue weighted by atomic mass is 10.1. The van der Waals surface area contributed by atoms with Crippen molar-refractivity contribution in [3.05, 3.63) is 58.6 Å². The fraction of sp³-hybridized carbons (Fsp3) is 0.167. The second kappa shape index (κ2) is 5.23. The predicted octanol–water partition coefficient (Wildman–Crippen LogP) is 1.99. The molecule has 0 aliphatic heterocycles. The molecule has 88 valence electrons. The van der Waals surface area contributed by atoms with Crippen LogP contribution in [0.3, 0.4) is 0 Å². The van der Waals surface area contributed by atoms with E-state index >= 15 is 0 Å². The van der Waals surface area contributed by atoms with Gasteiger partial charge in [0.2, 0.25) is 0 Å². The summed E-state index contributed by atoms with van der Waals surface area (Å²) in [4.78, 5) is 8.49. The Bertz CT molecular complexity index is 435. The van der Waals surface area contributed by atoms with Crippen LogP contribution in [0.15, 0.2) is 36.7 Å². The predicted molar refractivity (Wildman–Crippen MR) is 67.4 cm³/mol. The molecule has 0 saturated heterocycles. The Labute approximate surface area is 105 Å². The molecule has 0 aliphatic rings. The van der Waals surface area contributed by atoms with Crippen LogP contribution in [-0.2, 0) is 0 Å². The first-order valence-corrected chi connectivity index (χ1v) is 5.58. The fourth-order valence-corrected chi connectivity index (χ4v) is 1.67. The van der Waals surface area contributed by atoms with Gasteiger partial charge in [-0.2, -0.15) is 0 Å². The van der Waals surface area contributed by atoms with E-state index < -0.39 is 0 Å². The van der Waals surface area contributed by atoms with Crippen molar-refractivity contribution in [1.82, 2.24) is 15.4 Å². The van der Waals surface area contributed by atoms with Gasteiger partial charge in [0.25, 0.3) is 0 Å². The Hall–Kier alpha value is -1.49. The third-order valence-electron chi connectivity index (χ3n) is 2.48. The number of hydrogen-bond acceptors (Lipinski definition) is 4. The topological polar surface area (TPSA) is 63.8 Å². The normalized spacial score (nSPS) is 12.4. The maximum atomic E-state index is 5.80. The second-order valence-corrected chi connectivity index (χ2v) is 4.17. The molecule has 1 atom stereocenters. The van der Waals surface area contributed by atoms with Crippen LogP contribution in [0, 0.1) is 6.92 Å². The monoisotopic (exact) mass is 248 g/mol. The number of nitrogens with one attached hydrogen (secondary N) is 1. The van der Waals surface area contributed by atoms with Gasteiger partial charge in [0, 0.05) is 18.1 Å². The van der Waals surface area contributed by atoms with E-state index in [1.165, 1.54) is 0 Å². The van der Waals surface area contributed by atoms with Gasteiger partial charge in [0.15, 0.2) is 0 Å². The minimum absolute atomic E-state index is 0.180. The maximum Gasteiger partial charge on any atom is 0.0896 e. The maximum absolute atomic E-state index is 5.80. The third-order valence-corrected chi connectivity index (χ3v) is 2.70. The quantitative estimate of drug-likeness (QED) is 0.644. The summed E-state index contributed by atoms with van der Waals surface area (Å²) >= 11 is 5.80. The minimum atomic E-state index is -0.180. The molecule has 2 aromatic heterocycles. The highest BCUT2D eigenvalue weighted by Crippen LogP contribution is 2.20. The highest BCUT2D eigenvalue weighted by Gasteiger charge is 2.13. The van der Waals surface area contributed by atoms with Crippen molar-refractivity contribution in [3.8, 4) is 0 Å². The van der Waals surface area contributed by atoms with E-state index in [-0.39, 0.29) is 6.04 Å². The number of pyridine rings is 2. The number of nitrogens with zero attached hydrogens (tertiary/aromatic N) is 2. The van der Waals surface area contributed by atoms with E-state index in [9.17, 15) is 0 Å². The lowest BCUT2D eigenvalue weighted by molar-refractivity contribution is 0.618. The van der Waals surface area contributed by atoms with Crippen LogP contribution >= 0.6 is 11.6 Å². The van der Waals surface area contributed by atoms with Gasteiger partial charge in [0.1, 0.15) is 0 Å². The van der Waals surface area contributed by atoms with Gasteiger partial charge in [-0.1, -0.05) is 17.7 Å². The number of halogens is 1. The summed E-state index contributed by atoms with van der Waals surface area (Å²) in [6, 6.07) is 7.36. The summed E-state index contributed by atoms with van der Waals surface area (Å²) in [6.07, 6.45) is 3.39. The Morgan fingerprint density at radius 1 is 1.18 bits per heavy atom. The van der Waals surface area contributed by atoms with Crippen molar-refractivity contribution >= 4 is 11.6 Å². The van der Waals surface area contributed by atoms with Gasteiger partial charge in [-0.15, -0.1) is 0 Å². The van der Waals surface area contributed by atoms with Crippen molar-refractivity contribution in [2.24, 2.45) is 5.84 Å². The molecule has 0 fully saturated rings. The third kappa shape index (κ3) is 2.79. The van der Waals surface area contributed by atoms with Crippen LogP contribution in [0.2, 0.25) is 5.02 Å². The first-order valence-electron chi connectivity index (χ1n) is 5.21. The van der Waals surface area contributed by atoms with E-state index in [1.807, 2.05) is 25.1 Å². The van der Waals surface area contributed by atoms with Crippen molar-refractivity contribution in [1.29, 1.82) is 0 Å². The van der Waals surface area contributed by atoms with Crippen LogP contribution in [0.5, 0.6) is 0 Å². The molecule has 0 bridgehead atoms. The molecule has 1 unspecified atom stereocenters. The number of hydrogen-bond donors (Lipinski definition) is 2. The number of hydrazine groups is 1. The molecule has 5 heteroatoms. The molecule has 0 radical (unpaired) electrons. The van der Waals surface area contributed by atoms with E-state index in [0.29, 0.717) is 5.02 Å². The average molecular weight is 249 g/mol. The smallest absolute Gasteiger partial charge is 0.0896 e. The van der Waals surface area contributed by atoms with Crippen LogP contribution in [-0.4, -0.2) is 9.97 Å². The standard InChI is InChI=1S/C12H13ClN4/c1-8-2-3-9(6-15-8)12(17-14)11-5-4-10(13)7-16-11/h2-7,12,17H,14H2,1H3. The largest absolute Gasteiger partial charge is 0.271 e. The fourth-order valence-electron chi connectivity index (χ4n) is 1.56. The molecule has 4 nitrogen and oxygen atoms in total. The zero-order valence-corrected chi connectivity index (χ0v) is 10.1. The molecule has 0 aromatic carbocycles. The number of aromatic nitrogens is 2. The van der Waals surface area contributed by atoms with Crippen molar-refractivity contribution in [2.75, 3.05) is 0 Å².